The van der Waals surface area contributed by atoms with Crippen molar-refractivity contribution < 1.29 is 9.84 Å². The molecule has 1 heterocycles. The van der Waals surface area contributed by atoms with Crippen molar-refractivity contribution in [2.24, 2.45) is 0 Å². The molecule has 0 bridgehead atoms. The molecule has 0 radical (unpaired) electrons. The van der Waals surface area contributed by atoms with Crippen molar-refractivity contribution in [3.63, 3.8) is 0 Å². The van der Waals surface area contributed by atoms with Crippen molar-refractivity contribution in [1.82, 2.24) is 15.0 Å². The molecule has 0 saturated carbocycles. The second kappa shape index (κ2) is 6.34. The molecule has 0 aliphatic rings. The van der Waals surface area contributed by atoms with Gasteiger partial charge in [-0.05, 0) is 12.1 Å². The van der Waals surface area contributed by atoms with Crippen LogP contribution in [-0.2, 0) is 24.5 Å². The lowest BCUT2D eigenvalue weighted by Crippen LogP contribution is -2.09. The van der Waals surface area contributed by atoms with E-state index in [4.69, 9.17) is 27.9 Å². The maximum absolute atomic E-state index is 9.21. The number of aliphatic hydroxyl groups excluding tert-OH is 1. The summed E-state index contributed by atoms with van der Waals surface area (Å²) in [5.74, 6) is 0. The van der Waals surface area contributed by atoms with Gasteiger partial charge >= 0.3 is 0 Å². The van der Waals surface area contributed by atoms with Gasteiger partial charge in [0, 0.05) is 22.7 Å². The van der Waals surface area contributed by atoms with Crippen LogP contribution in [0.5, 0.6) is 0 Å². The van der Waals surface area contributed by atoms with Crippen LogP contribution < -0.4 is 0 Å². The van der Waals surface area contributed by atoms with Gasteiger partial charge in [0.2, 0.25) is 0 Å². The number of nitrogens with zero attached hydrogens (tertiary/aromatic N) is 3. The molecular formula is C12H13Cl2N3O2. The van der Waals surface area contributed by atoms with E-state index >= 15 is 0 Å². The van der Waals surface area contributed by atoms with Crippen molar-refractivity contribution in [1.29, 1.82) is 0 Å². The van der Waals surface area contributed by atoms with Crippen molar-refractivity contribution in [2.75, 3.05) is 7.11 Å². The van der Waals surface area contributed by atoms with Gasteiger partial charge in [0.1, 0.15) is 5.69 Å². The fourth-order valence-electron chi connectivity index (χ4n) is 1.75. The molecule has 7 heteroatoms. The van der Waals surface area contributed by atoms with Crippen LogP contribution in [-0.4, -0.2) is 27.2 Å². The van der Waals surface area contributed by atoms with E-state index in [0.717, 1.165) is 5.56 Å². The molecule has 1 aromatic heterocycles. The number of hydrogen-bond donors (Lipinski definition) is 1. The van der Waals surface area contributed by atoms with E-state index in [1.165, 1.54) is 0 Å². The summed E-state index contributed by atoms with van der Waals surface area (Å²) in [5.41, 5.74) is 1.96. The highest BCUT2D eigenvalue weighted by Gasteiger charge is 2.14. The predicted molar refractivity (Wildman–Crippen MR) is 72.2 cm³/mol. The lowest BCUT2D eigenvalue weighted by atomic mass is 10.2. The van der Waals surface area contributed by atoms with Gasteiger partial charge in [-0.15, -0.1) is 5.10 Å². The van der Waals surface area contributed by atoms with Crippen LogP contribution in [0.15, 0.2) is 18.2 Å². The molecule has 5 nitrogen and oxygen atoms in total. The molecule has 19 heavy (non-hydrogen) atoms. The number of aliphatic hydroxyl groups is 1. The van der Waals surface area contributed by atoms with Gasteiger partial charge in [-0.25, -0.2) is 4.68 Å². The minimum Gasteiger partial charge on any atom is -0.390 e. The van der Waals surface area contributed by atoms with Crippen LogP contribution in [0.1, 0.15) is 17.0 Å². The number of ether oxygens (including phenoxy) is 1. The van der Waals surface area contributed by atoms with E-state index in [9.17, 15) is 5.11 Å². The second-order valence-corrected chi connectivity index (χ2v) is 4.75. The van der Waals surface area contributed by atoms with Gasteiger partial charge in [-0.1, -0.05) is 34.5 Å². The molecule has 1 aromatic carbocycles. The van der Waals surface area contributed by atoms with Crippen LogP contribution >= 0.6 is 23.2 Å². The van der Waals surface area contributed by atoms with Gasteiger partial charge < -0.3 is 9.84 Å². The zero-order valence-corrected chi connectivity index (χ0v) is 11.8. The fraction of sp³-hybridized carbons (Fsp3) is 0.333. The van der Waals surface area contributed by atoms with Gasteiger partial charge in [0.15, 0.2) is 0 Å². The van der Waals surface area contributed by atoms with E-state index < -0.39 is 0 Å². The first-order valence-electron chi connectivity index (χ1n) is 5.61. The summed E-state index contributed by atoms with van der Waals surface area (Å²) in [5, 5.41) is 18.2. The maximum atomic E-state index is 9.21. The van der Waals surface area contributed by atoms with Crippen molar-refractivity contribution >= 4 is 23.2 Å². The van der Waals surface area contributed by atoms with Gasteiger partial charge in [0.05, 0.1) is 25.5 Å². The highest BCUT2D eigenvalue weighted by molar-refractivity contribution is 6.35. The molecule has 2 rings (SSSR count). The summed E-state index contributed by atoms with van der Waals surface area (Å²) in [4.78, 5) is 0. The first-order chi connectivity index (χ1) is 9.17. The zero-order chi connectivity index (χ0) is 13.8. The summed E-state index contributed by atoms with van der Waals surface area (Å²) in [6.07, 6.45) is 0. The largest absolute Gasteiger partial charge is 0.390 e. The third-order valence-corrected chi connectivity index (χ3v) is 3.43. The van der Waals surface area contributed by atoms with Crippen molar-refractivity contribution in [2.45, 2.75) is 19.8 Å². The van der Waals surface area contributed by atoms with E-state index in [1.54, 1.807) is 30.0 Å². The number of benzene rings is 1. The number of halogens is 2. The highest BCUT2D eigenvalue weighted by atomic mass is 35.5. The Morgan fingerprint density at radius 1 is 1.32 bits per heavy atom. The normalized spacial score (nSPS) is 10.9. The predicted octanol–water partition coefficient (Wildman–Crippen LogP) is 2.27. The van der Waals surface area contributed by atoms with Gasteiger partial charge in [-0.3, -0.25) is 0 Å². The third-order valence-electron chi connectivity index (χ3n) is 2.72. The molecule has 0 saturated heterocycles. The molecular weight excluding hydrogens is 289 g/mol. The lowest BCUT2D eigenvalue weighted by molar-refractivity contribution is 0.173. The summed E-state index contributed by atoms with van der Waals surface area (Å²) in [7, 11) is 1.57. The minimum absolute atomic E-state index is 0.186. The highest BCUT2D eigenvalue weighted by Crippen LogP contribution is 2.25. The van der Waals surface area contributed by atoms with Gasteiger partial charge in [-0.2, -0.15) is 0 Å². The number of rotatable bonds is 5. The molecule has 0 unspecified atom stereocenters. The van der Waals surface area contributed by atoms with E-state index in [2.05, 4.69) is 10.3 Å². The Hall–Kier alpha value is -1.14. The Kier molecular flexibility index (Phi) is 4.76. The van der Waals surface area contributed by atoms with Crippen LogP contribution in [0.25, 0.3) is 0 Å². The van der Waals surface area contributed by atoms with Crippen LogP contribution in [0.2, 0.25) is 10.0 Å². The average molecular weight is 302 g/mol. The Morgan fingerprint density at radius 3 is 2.58 bits per heavy atom. The van der Waals surface area contributed by atoms with Crippen LogP contribution in [0, 0.1) is 0 Å². The van der Waals surface area contributed by atoms with Crippen LogP contribution in [0.4, 0.5) is 0 Å². The molecule has 2 aromatic rings. The van der Waals surface area contributed by atoms with Gasteiger partial charge in [0.25, 0.3) is 0 Å². The molecule has 1 N–H and O–H groups in total. The summed E-state index contributed by atoms with van der Waals surface area (Å²) >= 11 is 12.2. The fourth-order valence-corrected chi connectivity index (χ4v) is 2.26. The Bertz CT molecular complexity index is 552. The van der Waals surface area contributed by atoms with E-state index in [-0.39, 0.29) is 6.61 Å². The van der Waals surface area contributed by atoms with E-state index in [1.807, 2.05) is 0 Å². The molecule has 102 valence electrons. The molecule has 0 aliphatic heterocycles. The first-order valence-corrected chi connectivity index (χ1v) is 6.37. The van der Waals surface area contributed by atoms with Crippen molar-refractivity contribution in [3.05, 3.63) is 45.2 Å². The lowest BCUT2D eigenvalue weighted by Gasteiger charge is -2.09. The Balaban J connectivity index is 2.35. The Labute approximate surface area is 120 Å². The topological polar surface area (TPSA) is 60.2 Å². The molecule has 0 atom stereocenters. The standard InChI is InChI=1S/C12H13Cl2N3O2/c1-19-7-12-11(6-18)15-16-17(12)5-8-9(13)3-2-4-10(8)14/h2-4,18H,5-7H2,1H3. The van der Waals surface area contributed by atoms with Crippen molar-refractivity contribution in [3.8, 4) is 0 Å². The minimum atomic E-state index is -0.186. The Morgan fingerprint density at radius 2 is 2.00 bits per heavy atom. The van der Waals surface area contributed by atoms with Crippen LogP contribution in [0.3, 0.4) is 0 Å². The summed E-state index contributed by atoms with van der Waals surface area (Å²) < 4.78 is 6.72. The zero-order valence-electron chi connectivity index (χ0n) is 10.3. The summed E-state index contributed by atoms with van der Waals surface area (Å²) in [6.45, 7) is 0.504. The number of aromatic nitrogens is 3. The SMILES string of the molecule is COCc1c(CO)nnn1Cc1c(Cl)cccc1Cl. The molecule has 0 spiro atoms. The smallest absolute Gasteiger partial charge is 0.114 e. The number of hydrogen-bond acceptors (Lipinski definition) is 4. The second-order valence-electron chi connectivity index (χ2n) is 3.93. The molecule has 0 fully saturated rings. The summed E-state index contributed by atoms with van der Waals surface area (Å²) in [6, 6.07) is 5.32. The maximum Gasteiger partial charge on any atom is 0.114 e. The quantitative estimate of drug-likeness (QED) is 0.920. The number of methoxy groups -OCH3 is 1. The molecule has 0 aliphatic carbocycles. The molecule has 0 amide bonds. The third kappa shape index (κ3) is 3.06. The van der Waals surface area contributed by atoms with E-state index in [0.29, 0.717) is 34.6 Å². The first kappa shape index (κ1) is 14.3. The average Bonchev–Trinajstić information content (AvgIpc) is 2.77. The monoisotopic (exact) mass is 301 g/mol.